The lowest BCUT2D eigenvalue weighted by Gasteiger charge is -2.01. The topological polar surface area (TPSA) is 43.1 Å². The van der Waals surface area contributed by atoms with Gasteiger partial charge in [-0.05, 0) is 40.2 Å². The third-order valence-electron chi connectivity index (χ3n) is 2.05. The summed E-state index contributed by atoms with van der Waals surface area (Å²) in [4.78, 5) is 12.8. The second-order valence-corrected chi connectivity index (χ2v) is 6.76. The Hall–Kier alpha value is -0.360. The third-order valence-corrected chi connectivity index (χ3v) is 4.98. The van der Waals surface area contributed by atoms with Crippen LogP contribution in [0.15, 0.2) is 33.2 Å². The maximum atomic E-state index is 12.2. The van der Waals surface area contributed by atoms with Crippen molar-refractivity contribution in [1.82, 2.24) is 0 Å². The van der Waals surface area contributed by atoms with E-state index in [9.17, 15) is 4.79 Å². The maximum Gasteiger partial charge on any atom is 0.203 e. The Morgan fingerprint density at radius 1 is 1.24 bits per heavy atom. The summed E-state index contributed by atoms with van der Waals surface area (Å²) in [7, 11) is 0. The monoisotopic (exact) mass is 393 g/mol. The van der Waals surface area contributed by atoms with E-state index in [2.05, 4.69) is 31.9 Å². The molecule has 0 aliphatic heterocycles. The highest BCUT2D eigenvalue weighted by molar-refractivity contribution is 9.10. The van der Waals surface area contributed by atoms with Gasteiger partial charge >= 0.3 is 0 Å². The summed E-state index contributed by atoms with van der Waals surface area (Å²) in [6, 6.07) is 6.84. The quantitative estimate of drug-likeness (QED) is 0.590. The maximum absolute atomic E-state index is 12.2. The largest absolute Gasteiger partial charge is 0.399 e. The van der Waals surface area contributed by atoms with Crippen LogP contribution in [-0.4, -0.2) is 5.78 Å². The van der Waals surface area contributed by atoms with Gasteiger partial charge in [0.05, 0.1) is 4.88 Å². The van der Waals surface area contributed by atoms with E-state index in [1.54, 1.807) is 24.3 Å². The highest BCUT2D eigenvalue weighted by Gasteiger charge is 2.15. The summed E-state index contributed by atoms with van der Waals surface area (Å²) in [6.07, 6.45) is 0. The van der Waals surface area contributed by atoms with Crippen molar-refractivity contribution in [2.45, 2.75) is 0 Å². The first kappa shape index (κ1) is 13.1. The normalized spacial score (nSPS) is 10.5. The van der Waals surface area contributed by atoms with Crippen molar-refractivity contribution >= 4 is 66.3 Å². The van der Waals surface area contributed by atoms with Gasteiger partial charge in [0.25, 0.3) is 0 Å². The second-order valence-electron chi connectivity index (χ2n) is 3.33. The van der Waals surface area contributed by atoms with E-state index in [1.807, 2.05) is 0 Å². The number of anilines is 1. The molecule has 6 heteroatoms. The lowest BCUT2D eigenvalue weighted by molar-refractivity contribution is 0.104. The van der Waals surface area contributed by atoms with E-state index in [1.165, 1.54) is 11.3 Å². The van der Waals surface area contributed by atoms with E-state index >= 15 is 0 Å². The zero-order valence-corrected chi connectivity index (χ0v) is 13.1. The van der Waals surface area contributed by atoms with Gasteiger partial charge in [-0.25, -0.2) is 0 Å². The standard InChI is InChI=1S/C11H6Br2ClNOS/c12-6-1-5(2-7(15)3-6)10(16)9-4-8(13)11(14)17-9/h1-4H,15H2. The summed E-state index contributed by atoms with van der Waals surface area (Å²) in [6.45, 7) is 0. The van der Waals surface area contributed by atoms with E-state index in [4.69, 9.17) is 17.3 Å². The number of rotatable bonds is 2. The lowest BCUT2D eigenvalue weighted by Crippen LogP contribution is -1.99. The van der Waals surface area contributed by atoms with Crippen molar-refractivity contribution in [2.75, 3.05) is 5.73 Å². The van der Waals surface area contributed by atoms with E-state index in [0.29, 0.717) is 20.5 Å². The number of hydrogen-bond acceptors (Lipinski definition) is 3. The Morgan fingerprint density at radius 2 is 1.94 bits per heavy atom. The molecule has 0 fully saturated rings. The van der Waals surface area contributed by atoms with E-state index in [-0.39, 0.29) is 5.78 Å². The first-order chi connectivity index (χ1) is 7.97. The van der Waals surface area contributed by atoms with Crippen molar-refractivity contribution in [3.63, 3.8) is 0 Å². The summed E-state index contributed by atoms with van der Waals surface area (Å²) in [5.74, 6) is -0.0874. The zero-order valence-electron chi connectivity index (χ0n) is 8.34. The van der Waals surface area contributed by atoms with Crippen molar-refractivity contribution in [2.24, 2.45) is 0 Å². The van der Waals surface area contributed by atoms with Crippen LogP contribution in [0.1, 0.15) is 15.2 Å². The molecule has 1 heterocycles. The van der Waals surface area contributed by atoms with Crippen molar-refractivity contribution in [3.05, 3.63) is 48.0 Å². The molecule has 0 spiro atoms. The Balaban J connectivity index is 2.43. The van der Waals surface area contributed by atoms with Crippen LogP contribution in [0.3, 0.4) is 0 Å². The molecule has 88 valence electrons. The molecular formula is C11H6Br2ClNOS. The average Bonchev–Trinajstić information content (AvgIpc) is 2.57. The van der Waals surface area contributed by atoms with Crippen LogP contribution in [0.4, 0.5) is 5.69 Å². The molecule has 1 aromatic heterocycles. The molecule has 0 unspecified atom stereocenters. The number of thiophene rings is 1. The van der Waals surface area contributed by atoms with Gasteiger partial charge in [0.1, 0.15) is 4.34 Å². The van der Waals surface area contributed by atoms with Crippen LogP contribution < -0.4 is 5.73 Å². The van der Waals surface area contributed by atoms with E-state index < -0.39 is 0 Å². The summed E-state index contributed by atoms with van der Waals surface area (Å²) in [5.41, 5.74) is 6.79. The molecule has 0 saturated carbocycles. The van der Waals surface area contributed by atoms with Crippen LogP contribution in [-0.2, 0) is 0 Å². The fourth-order valence-electron chi connectivity index (χ4n) is 1.34. The number of ketones is 1. The molecule has 0 bridgehead atoms. The number of halogens is 3. The number of nitrogens with two attached hydrogens (primary N) is 1. The Labute approximate surface area is 124 Å². The highest BCUT2D eigenvalue weighted by Crippen LogP contribution is 2.33. The minimum Gasteiger partial charge on any atom is -0.399 e. The van der Waals surface area contributed by atoms with Crippen LogP contribution in [0.5, 0.6) is 0 Å². The summed E-state index contributed by atoms with van der Waals surface area (Å²) >= 11 is 13.7. The molecule has 17 heavy (non-hydrogen) atoms. The Kier molecular flexibility index (Phi) is 3.92. The van der Waals surface area contributed by atoms with Gasteiger partial charge in [0, 0.05) is 20.2 Å². The molecule has 2 N–H and O–H groups in total. The van der Waals surface area contributed by atoms with Gasteiger partial charge in [-0.2, -0.15) is 0 Å². The van der Waals surface area contributed by atoms with Crippen LogP contribution >= 0.6 is 54.8 Å². The fraction of sp³-hybridized carbons (Fsp3) is 0. The van der Waals surface area contributed by atoms with Gasteiger partial charge in [-0.3, -0.25) is 4.79 Å². The number of nitrogen functional groups attached to an aromatic ring is 1. The van der Waals surface area contributed by atoms with Gasteiger partial charge in [0.2, 0.25) is 5.78 Å². The molecule has 0 aliphatic carbocycles. The zero-order chi connectivity index (χ0) is 12.6. The minimum atomic E-state index is -0.0874. The first-order valence-electron chi connectivity index (χ1n) is 4.53. The Morgan fingerprint density at radius 3 is 2.47 bits per heavy atom. The molecule has 0 aliphatic rings. The Bertz CT molecular complexity index is 557. The third kappa shape index (κ3) is 2.91. The van der Waals surface area contributed by atoms with E-state index in [0.717, 1.165) is 8.95 Å². The second kappa shape index (κ2) is 5.10. The lowest BCUT2D eigenvalue weighted by atomic mass is 10.1. The van der Waals surface area contributed by atoms with Crippen LogP contribution in [0.2, 0.25) is 4.34 Å². The number of benzene rings is 1. The minimum absolute atomic E-state index is 0.0874. The smallest absolute Gasteiger partial charge is 0.203 e. The van der Waals surface area contributed by atoms with Gasteiger partial charge < -0.3 is 5.73 Å². The molecule has 2 nitrogen and oxygen atoms in total. The highest BCUT2D eigenvalue weighted by atomic mass is 79.9. The van der Waals surface area contributed by atoms with Gasteiger partial charge in [0.15, 0.2) is 0 Å². The first-order valence-corrected chi connectivity index (χ1v) is 7.31. The van der Waals surface area contributed by atoms with Crippen LogP contribution in [0, 0.1) is 0 Å². The number of carbonyl (C=O) groups excluding carboxylic acids is 1. The average molecular weight is 396 g/mol. The fourth-order valence-corrected chi connectivity index (χ4v) is 3.52. The SMILES string of the molecule is Nc1cc(Br)cc(C(=O)c2cc(Br)c(Cl)s2)c1. The molecule has 0 amide bonds. The van der Waals surface area contributed by atoms with Crippen LogP contribution in [0.25, 0.3) is 0 Å². The molecule has 0 saturated heterocycles. The molecule has 0 radical (unpaired) electrons. The summed E-state index contributed by atoms with van der Waals surface area (Å²) < 4.78 is 2.08. The number of hydrogen-bond donors (Lipinski definition) is 1. The predicted octanol–water partition coefficient (Wildman–Crippen LogP) is 4.74. The number of carbonyl (C=O) groups is 1. The molecule has 2 rings (SSSR count). The predicted molar refractivity (Wildman–Crippen MR) is 79.0 cm³/mol. The van der Waals surface area contributed by atoms with Crippen molar-refractivity contribution in [3.8, 4) is 0 Å². The van der Waals surface area contributed by atoms with Crippen molar-refractivity contribution < 1.29 is 4.79 Å². The summed E-state index contributed by atoms with van der Waals surface area (Å²) in [5, 5.41) is 0. The molecular weight excluding hydrogens is 389 g/mol. The molecule has 1 aromatic carbocycles. The van der Waals surface area contributed by atoms with Gasteiger partial charge in [-0.1, -0.05) is 27.5 Å². The molecule has 2 aromatic rings. The molecule has 0 atom stereocenters. The van der Waals surface area contributed by atoms with Gasteiger partial charge in [-0.15, -0.1) is 11.3 Å². The van der Waals surface area contributed by atoms with Crippen molar-refractivity contribution in [1.29, 1.82) is 0 Å².